The zero-order chi connectivity index (χ0) is 38.1. The quantitative estimate of drug-likeness (QED) is 0.0330. The Morgan fingerprint density at radius 2 is 1.02 bits per heavy atom. The Bertz CT molecular complexity index is 1190. The number of hydrogen-bond acceptors (Lipinski definition) is 10. The van der Waals surface area contributed by atoms with Crippen LogP contribution in [0.3, 0.4) is 0 Å². The van der Waals surface area contributed by atoms with Crippen molar-refractivity contribution in [2.45, 2.75) is 116 Å². The van der Waals surface area contributed by atoms with Gasteiger partial charge in [-0.3, -0.25) is 39.6 Å². The van der Waals surface area contributed by atoms with Crippen LogP contribution in [0.4, 0.5) is 4.79 Å². The van der Waals surface area contributed by atoms with Gasteiger partial charge >= 0.3 is 6.09 Å². The summed E-state index contributed by atoms with van der Waals surface area (Å²) in [7, 11) is 0. The Morgan fingerprint density at radius 3 is 1.46 bits per heavy atom. The average Bonchev–Trinajstić information content (AvgIpc) is 3.77. The number of carbonyl (C=O) groups excluding carboxylic acids is 6. The predicted molar refractivity (Wildman–Crippen MR) is 188 cm³/mol. The third kappa shape index (κ3) is 19.6. The van der Waals surface area contributed by atoms with Crippen molar-refractivity contribution in [3.63, 3.8) is 0 Å². The predicted octanol–water partition coefficient (Wildman–Crippen LogP) is 3.13. The number of unbranched alkanes of at least 4 members (excludes halogenated alkanes) is 6. The van der Waals surface area contributed by atoms with E-state index in [4.69, 9.17) is 4.74 Å². The Labute approximate surface area is 307 Å². The molecule has 0 bridgehead atoms. The van der Waals surface area contributed by atoms with E-state index in [2.05, 4.69) is 27.8 Å². The summed E-state index contributed by atoms with van der Waals surface area (Å²) in [5.41, 5.74) is 0. The number of hydroxylamine groups is 6. The topological polar surface area (TPSA) is 218 Å². The van der Waals surface area contributed by atoms with E-state index in [0.29, 0.717) is 117 Å². The maximum Gasteiger partial charge on any atom is 0.407 e. The first kappa shape index (κ1) is 44.2. The number of amides is 6. The lowest BCUT2D eigenvalue weighted by Gasteiger charge is -2.15. The molecule has 2 aliphatic carbocycles. The highest BCUT2D eigenvalue weighted by molar-refractivity contribution is 5.83. The van der Waals surface area contributed by atoms with Gasteiger partial charge in [-0.15, -0.1) is 11.8 Å². The summed E-state index contributed by atoms with van der Waals surface area (Å²) < 4.78 is 5.40. The van der Waals surface area contributed by atoms with Crippen LogP contribution in [0.15, 0.2) is 0 Å². The van der Waals surface area contributed by atoms with Crippen molar-refractivity contribution >= 4 is 35.6 Å². The summed E-state index contributed by atoms with van der Waals surface area (Å²) >= 11 is 0. The number of carbonyl (C=O) groups is 6. The van der Waals surface area contributed by atoms with E-state index in [1.807, 2.05) is 0 Å². The van der Waals surface area contributed by atoms with Crippen molar-refractivity contribution in [3.05, 3.63) is 0 Å². The van der Waals surface area contributed by atoms with Crippen LogP contribution < -0.4 is 16.0 Å². The highest BCUT2D eigenvalue weighted by Crippen LogP contribution is 2.52. The molecule has 16 nitrogen and oxygen atoms in total. The summed E-state index contributed by atoms with van der Waals surface area (Å²) in [5, 5.41) is 39.3. The molecule has 1 fully saturated rings. The maximum absolute atomic E-state index is 12.2. The molecule has 0 saturated heterocycles. The van der Waals surface area contributed by atoms with E-state index < -0.39 is 23.8 Å². The largest absolute Gasteiger partial charge is 0.449 e. The van der Waals surface area contributed by atoms with Crippen LogP contribution >= 0.6 is 0 Å². The number of nitrogens with one attached hydrogen (secondary N) is 3. The van der Waals surface area contributed by atoms with Gasteiger partial charge in [0.1, 0.15) is 0 Å². The van der Waals surface area contributed by atoms with Crippen molar-refractivity contribution in [1.29, 1.82) is 0 Å². The van der Waals surface area contributed by atoms with Crippen molar-refractivity contribution < 1.29 is 49.1 Å². The van der Waals surface area contributed by atoms with Gasteiger partial charge < -0.3 is 20.7 Å². The number of nitrogens with zero attached hydrogens (tertiary/aromatic N) is 3. The number of alkyl carbamates (subject to hydrolysis) is 1. The lowest BCUT2D eigenvalue weighted by Crippen LogP contribution is -2.31. The van der Waals surface area contributed by atoms with Gasteiger partial charge in [0.2, 0.25) is 29.5 Å². The van der Waals surface area contributed by atoms with Crippen molar-refractivity contribution in [1.82, 2.24) is 31.1 Å². The number of ether oxygens (including phenoxy) is 1. The molecule has 0 aliphatic heterocycles. The number of fused-ring (bicyclic) bond motifs is 1. The Kier molecular flexibility index (Phi) is 22.0. The highest BCUT2D eigenvalue weighted by atomic mass is 16.5. The molecule has 0 heterocycles. The molecule has 0 radical (unpaired) electrons. The van der Waals surface area contributed by atoms with Crippen LogP contribution in [0.25, 0.3) is 0 Å². The molecular weight excluding hydrogens is 676 g/mol. The second kappa shape index (κ2) is 25.9. The fourth-order valence-corrected chi connectivity index (χ4v) is 6.12. The van der Waals surface area contributed by atoms with Gasteiger partial charge in [-0.25, -0.2) is 20.0 Å². The second-order valence-electron chi connectivity index (χ2n) is 13.5. The van der Waals surface area contributed by atoms with E-state index in [0.717, 1.165) is 25.7 Å². The van der Waals surface area contributed by atoms with Gasteiger partial charge in [-0.1, -0.05) is 0 Å². The lowest BCUT2D eigenvalue weighted by atomic mass is 10.1. The first-order valence-corrected chi connectivity index (χ1v) is 18.8. The van der Waals surface area contributed by atoms with Crippen LogP contribution in [-0.2, 0) is 28.7 Å². The van der Waals surface area contributed by atoms with E-state index in [1.54, 1.807) is 0 Å². The molecule has 1 saturated carbocycles. The summed E-state index contributed by atoms with van der Waals surface area (Å²) in [4.78, 5) is 71.2. The zero-order valence-electron chi connectivity index (χ0n) is 30.7. The molecule has 0 aromatic heterocycles. The number of hydrogen-bond donors (Lipinski definition) is 6. The maximum atomic E-state index is 12.2. The van der Waals surface area contributed by atoms with Crippen LogP contribution in [0, 0.1) is 29.6 Å². The van der Waals surface area contributed by atoms with Crippen LogP contribution in [0.5, 0.6) is 0 Å². The van der Waals surface area contributed by atoms with Crippen LogP contribution in [-0.4, -0.2) is 112 Å². The fraction of sp³-hybridized carbons (Fsp3) is 0.778. The van der Waals surface area contributed by atoms with Crippen molar-refractivity contribution in [2.24, 2.45) is 17.8 Å². The van der Waals surface area contributed by atoms with Crippen molar-refractivity contribution in [2.75, 3.05) is 45.9 Å². The molecular formula is C36H60N6O10. The van der Waals surface area contributed by atoms with Gasteiger partial charge in [-0.2, -0.15) is 0 Å². The molecule has 294 valence electrons. The zero-order valence-corrected chi connectivity index (χ0v) is 30.7. The van der Waals surface area contributed by atoms with Gasteiger partial charge in [-0.05, 0) is 88.4 Å². The Morgan fingerprint density at radius 1 is 0.596 bits per heavy atom. The van der Waals surface area contributed by atoms with Gasteiger partial charge in [0.15, 0.2) is 0 Å². The fourth-order valence-electron chi connectivity index (χ4n) is 6.12. The summed E-state index contributed by atoms with van der Waals surface area (Å²) in [5.74, 6) is 5.90. The first-order chi connectivity index (χ1) is 25.0. The molecule has 3 atom stereocenters. The Hall–Kier alpha value is -3.94. The van der Waals surface area contributed by atoms with Gasteiger partial charge in [0, 0.05) is 84.7 Å². The molecule has 0 aromatic rings. The van der Waals surface area contributed by atoms with Gasteiger partial charge in [0.05, 0.1) is 6.61 Å². The minimum Gasteiger partial charge on any atom is -0.449 e. The minimum absolute atomic E-state index is 0.0529. The van der Waals surface area contributed by atoms with Crippen LogP contribution in [0.1, 0.15) is 116 Å². The van der Waals surface area contributed by atoms with E-state index in [-0.39, 0.29) is 57.1 Å². The number of rotatable bonds is 26. The standard InChI is InChI=1S/C36H60N6O10/c1-28(43)40(49)24-12-4-9-21-37-32(44)17-19-34(46)41(50)25-13-5-10-22-38-33(45)18-20-35(47)42(51)26-14-6-11-23-39-36(48)52-27-31-29-15-7-2-3-8-16-30(29)31/h29-31,49-51H,4-27H2,1H3,(H,37,44)(H,38,45)(H,39,48)/t29-,30+,31?. The normalized spacial score (nSPS) is 17.2. The molecule has 6 N–H and O–H groups in total. The second-order valence-corrected chi connectivity index (χ2v) is 13.5. The molecule has 0 spiro atoms. The summed E-state index contributed by atoms with van der Waals surface area (Å²) in [6, 6.07) is 0. The molecule has 52 heavy (non-hydrogen) atoms. The molecule has 1 unspecified atom stereocenters. The van der Waals surface area contributed by atoms with E-state index >= 15 is 0 Å². The van der Waals surface area contributed by atoms with Crippen molar-refractivity contribution in [3.8, 4) is 11.8 Å². The molecule has 2 rings (SSSR count). The van der Waals surface area contributed by atoms with E-state index in [1.165, 1.54) is 6.92 Å². The molecule has 0 aromatic carbocycles. The molecule has 2 aliphatic rings. The minimum atomic E-state index is -0.560. The summed E-state index contributed by atoms with van der Waals surface area (Å²) in [6.07, 6.45) is 8.83. The average molecular weight is 737 g/mol. The summed E-state index contributed by atoms with van der Waals surface area (Å²) in [6.45, 7) is 3.39. The third-order valence-electron chi connectivity index (χ3n) is 9.37. The SMILES string of the molecule is CC(=O)N(O)CCCCCNC(=O)CCC(=O)N(O)CCCCCNC(=O)CCC(=O)N(O)CCCCCNC(=O)OCC1[C@H]2CCC#CCC[C@@H]12. The lowest BCUT2D eigenvalue weighted by molar-refractivity contribution is -0.166. The third-order valence-corrected chi connectivity index (χ3v) is 9.37. The highest BCUT2D eigenvalue weighted by Gasteiger charge is 2.49. The monoisotopic (exact) mass is 736 g/mol. The molecule has 6 amide bonds. The van der Waals surface area contributed by atoms with Crippen LogP contribution in [0.2, 0.25) is 0 Å². The smallest absolute Gasteiger partial charge is 0.407 e. The first-order valence-electron chi connectivity index (χ1n) is 18.8. The molecule has 16 heteroatoms. The van der Waals surface area contributed by atoms with E-state index in [9.17, 15) is 44.4 Å². The Balaban J connectivity index is 1.37. The van der Waals surface area contributed by atoms with Gasteiger partial charge in [0.25, 0.3) is 0 Å².